The molecule has 0 aliphatic heterocycles. The summed E-state index contributed by atoms with van der Waals surface area (Å²) in [5.74, 6) is 6.18. The number of hydrogen-bond donors (Lipinski definition) is 3. The highest BCUT2D eigenvalue weighted by Crippen LogP contribution is 2.37. The lowest BCUT2D eigenvalue weighted by Gasteiger charge is -2.10. The van der Waals surface area contributed by atoms with Gasteiger partial charge >= 0.3 is 0 Å². The first-order valence-corrected chi connectivity index (χ1v) is 7.36. The number of nitrogens with one attached hydrogen (secondary N) is 2. The van der Waals surface area contributed by atoms with Gasteiger partial charge in [0, 0.05) is 5.69 Å². The fourth-order valence-electron chi connectivity index (χ4n) is 2.85. The molecule has 4 rings (SSSR count). The summed E-state index contributed by atoms with van der Waals surface area (Å²) >= 11 is 0. The first-order valence-electron chi connectivity index (χ1n) is 7.36. The van der Waals surface area contributed by atoms with Crippen LogP contribution in [0.15, 0.2) is 47.5 Å². The molecule has 0 saturated heterocycles. The maximum Gasteiger partial charge on any atom is 0.210 e. The molecule has 0 amide bonds. The van der Waals surface area contributed by atoms with Gasteiger partial charge in [0.2, 0.25) is 5.96 Å². The molecule has 0 heterocycles. The molecule has 106 valence electrons. The Balaban J connectivity index is 1.61. The molecule has 4 nitrogen and oxygen atoms in total. The van der Waals surface area contributed by atoms with Gasteiger partial charge in [-0.1, -0.05) is 30.3 Å². The van der Waals surface area contributed by atoms with Crippen LogP contribution in [0.1, 0.15) is 24.0 Å². The van der Waals surface area contributed by atoms with Crippen LogP contribution in [0.4, 0.5) is 5.69 Å². The fourth-order valence-corrected chi connectivity index (χ4v) is 2.85. The highest BCUT2D eigenvalue weighted by atomic mass is 15.3. The number of rotatable bonds is 2. The van der Waals surface area contributed by atoms with Gasteiger partial charge in [0.05, 0.1) is 6.04 Å². The van der Waals surface area contributed by atoms with Crippen molar-refractivity contribution in [2.24, 2.45) is 10.8 Å². The standard InChI is InChI=1S/C17H18N4/c18-21-17(19-13-5-6-13)20-14-7-8-16-12(10-14)9-11-3-1-2-4-15(11)16/h1-4,7-8,10,13H,5-6,9,18H2,(H2,19,20,21). The zero-order valence-electron chi connectivity index (χ0n) is 11.8. The first-order chi connectivity index (χ1) is 10.3. The lowest BCUT2D eigenvalue weighted by Crippen LogP contribution is -2.36. The van der Waals surface area contributed by atoms with Gasteiger partial charge in [-0.2, -0.15) is 0 Å². The van der Waals surface area contributed by atoms with Crippen LogP contribution in [-0.2, 0) is 6.42 Å². The second-order valence-electron chi connectivity index (χ2n) is 5.68. The van der Waals surface area contributed by atoms with Crippen LogP contribution < -0.4 is 16.6 Å². The molecule has 0 unspecified atom stereocenters. The van der Waals surface area contributed by atoms with Gasteiger partial charge in [0.15, 0.2) is 0 Å². The smallest absolute Gasteiger partial charge is 0.210 e. The molecule has 21 heavy (non-hydrogen) atoms. The Labute approximate surface area is 124 Å². The van der Waals surface area contributed by atoms with E-state index in [2.05, 4.69) is 58.2 Å². The van der Waals surface area contributed by atoms with Gasteiger partial charge in [0.1, 0.15) is 0 Å². The van der Waals surface area contributed by atoms with Crippen LogP contribution in [0.2, 0.25) is 0 Å². The number of hydrogen-bond acceptors (Lipinski definition) is 2. The summed E-state index contributed by atoms with van der Waals surface area (Å²) in [6.07, 6.45) is 3.31. The van der Waals surface area contributed by atoms with Crippen molar-refractivity contribution in [3.8, 4) is 11.1 Å². The number of anilines is 1. The summed E-state index contributed by atoms with van der Waals surface area (Å²) in [5, 5.41) is 3.27. The maximum absolute atomic E-state index is 5.54. The molecule has 4 heteroatoms. The van der Waals surface area contributed by atoms with E-state index in [1.165, 1.54) is 22.3 Å². The largest absolute Gasteiger partial charge is 0.325 e. The van der Waals surface area contributed by atoms with E-state index in [-0.39, 0.29) is 0 Å². The first kappa shape index (κ1) is 12.4. The third-order valence-corrected chi connectivity index (χ3v) is 4.05. The van der Waals surface area contributed by atoms with Gasteiger partial charge in [0.25, 0.3) is 0 Å². The second kappa shape index (κ2) is 4.90. The molecule has 1 fully saturated rings. The molecular weight excluding hydrogens is 260 g/mol. The zero-order valence-corrected chi connectivity index (χ0v) is 11.8. The summed E-state index contributed by atoms with van der Waals surface area (Å²) < 4.78 is 0. The van der Waals surface area contributed by atoms with Gasteiger partial charge < -0.3 is 5.32 Å². The summed E-state index contributed by atoms with van der Waals surface area (Å²) in [6.45, 7) is 0. The van der Waals surface area contributed by atoms with Crippen molar-refractivity contribution in [1.82, 2.24) is 5.43 Å². The van der Waals surface area contributed by atoms with Crippen LogP contribution in [0.25, 0.3) is 11.1 Å². The summed E-state index contributed by atoms with van der Waals surface area (Å²) in [6, 6.07) is 15.5. The summed E-state index contributed by atoms with van der Waals surface area (Å²) in [4.78, 5) is 4.50. The van der Waals surface area contributed by atoms with Crippen molar-refractivity contribution in [1.29, 1.82) is 0 Å². The molecule has 0 atom stereocenters. The Hall–Kier alpha value is -2.33. The predicted molar refractivity (Wildman–Crippen MR) is 86.1 cm³/mol. The zero-order chi connectivity index (χ0) is 14.2. The molecule has 2 aliphatic carbocycles. The Morgan fingerprint density at radius 3 is 2.67 bits per heavy atom. The number of hydrazine groups is 1. The van der Waals surface area contributed by atoms with Gasteiger partial charge in [-0.05, 0) is 53.6 Å². The van der Waals surface area contributed by atoms with Gasteiger partial charge in [-0.3, -0.25) is 5.43 Å². The average Bonchev–Trinajstić information content (AvgIpc) is 3.25. The number of fused-ring (bicyclic) bond motifs is 3. The minimum atomic E-state index is 0.433. The predicted octanol–water partition coefficient (Wildman–Crippen LogP) is 2.65. The Morgan fingerprint density at radius 2 is 1.86 bits per heavy atom. The van der Waals surface area contributed by atoms with Crippen molar-refractivity contribution in [3.63, 3.8) is 0 Å². The fraction of sp³-hybridized carbons (Fsp3) is 0.235. The number of benzene rings is 2. The Bertz CT molecular complexity index is 716. The maximum atomic E-state index is 5.54. The minimum Gasteiger partial charge on any atom is -0.325 e. The normalized spacial score (nSPS) is 16.3. The lowest BCUT2D eigenvalue weighted by atomic mass is 10.1. The molecule has 2 aromatic carbocycles. The quantitative estimate of drug-likeness (QED) is 0.292. The summed E-state index contributed by atoms with van der Waals surface area (Å²) in [7, 11) is 0. The SMILES string of the molecule is NNC(=NC1CC1)Nc1ccc2c(c1)Cc1ccccc1-2. The van der Waals surface area contributed by atoms with E-state index in [1.807, 2.05) is 0 Å². The molecule has 0 spiro atoms. The van der Waals surface area contributed by atoms with Crippen LogP contribution in [0.3, 0.4) is 0 Å². The Morgan fingerprint density at radius 1 is 1.05 bits per heavy atom. The van der Waals surface area contributed by atoms with Crippen molar-refractivity contribution in [3.05, 3.63) is 53.6 Å². The van der Waals surface area contributed by atoms with E-state index < -0.39 is 0 Å². The summed E-state index contributed by atoms with van der Waals surface area (Å²) in [5.41, 5.74) is 9.10. The molecular formula is C17H18N4. The highest BCUT2D eigenvalue weighted by Gasteiger charge is 2.21. The molecule has 0 bridgehead atoms. The minimum absolute atomic E-state index is 0.433. The van der Waals surface area contributed by atoms with Crippen molar-refractivity contribution >= 4 is 11.6 Å². The number of nitrogens with zero attached hydrogens (tertiary/aromatic N) is 1. The molecule has 0 radical (unpaired) electrons. The van der Waals surface area contributed by atoms with E-state index in [4.69, 9.17) is 5.84 Å². The van der Waals surface area contributed by atoms with Crippen LogP contribution in [0.5, 0.6) is 0 Å². The average molecular weight is 278 g/mol. The van der Waals surface area contributed by atoms with Crippen molar-refractivity contribution < 1.29 is 0 Å². The van der Waals surface area contributed by atoms with Crippen LogP contribution in [0, 0.1) is 0 Å². The molecule has 2 aliphatic rings. The van der Waals surface area contributed by atoms with Gasteiger partial charge in [-0.15, -0.1) is 0 Å². The molecule has 4 N–H and O–H groups in total. The Kier molecular flexibility index (Phi) is 2.89. The van der Waals surface area contributed by atoms with E-state index in [0.29, 0.717) is 12.0 Å². The third-order valence-electron chi connectivity index (χ3n) is 4.05. The number of nitrogens with two attached hydrogens (primary N) is 1. The molecule has 0 aromatic heterocycles. The number of guanidine groups is 1. The highest BCUT2D eigenvalue weighted by molar-refractivity contribution is 5.94. The van der Waals surface area contributed by atoms with E-state index >= 15 is 0 Å². The van der Waals surface area contributed by atoms with Crippen LogP contribution in [-0.4, -0.2) is 12.0 Å². The third kappa shape index (κ3) is 2.38. The van der Waals surface area contributed by atoms with Crippen molar-refractivity contribution in [2.75, 3.05) is 5.32 Å². The molecule has 2 aromatic rings. The van der Waals surface area contributed by atoms with E-state index in [1.54, 1.807) is 0 Å². The second-order valence-corrected chi connectivity index (χ2v) is 5.68. The topological polar surface area (TPSA) is 62.4 Å². The van der Waals surface area contributed by atoms with Crippen LogP contribution >= 0.6 is 0 Å². The van der Waals surface area contributed by atoms with Gasteiger partial charge in [-0.25, -0.2) is 10.8 Å². The molecule has 1 saturated carbocycles. The lowest BCUT2D eigenvalue weighted by molar-refractivity contribution is 0.966. The van der Waals surface area contributed by atoms with E-state index in [0.717, 1.165) is 24.9 Å². The van der Waals surface area contributed by atoms with E-state index in [9.17, 15) is 0 Å². The van der Waals surface area contributed by atoms with Crippen molar-refractivity contribution in [2.45, 2.75) is 25.3 Å². The monoisotopic (exact) mass is 278 g/mol. The number of aliphatic imine (C=N–C) groups is 1.